The maximum Gasteiger partial charge on any atom is 0.338 e. The van der Waals surface area contributed by atoms with Gasteiger partial charge in [0.05, 0.1) is 42.2 Å². The zero-order valence-corrected chi connectivity index (χ0v) is 27.1. The molecule has 3 aromatic heterocycles. The number of ether oxygens (including phenoxy) is 3. The Balaban J connectivity index is 1.63. The molecule has 0 fully saturated rings. The van der Waals surface area contributed by atoms with Gasteiger partial charge in [-0.1, -0.05) is 27.3 Å². The van der Waals surface area contributed by atoms with Crippen molar-refractivity contribution in [2.24, 2.45) is 4.99 Å². The van der Waals surface area contributed by atoms with Crippen molar-refractivity contribution < 1.29 is 23.4 Å². The van der Waals surface area contributed by atoms with E-state index in [-0.39, 0.29) is 23.3 Å². The van der Waals surface area contributed by atoms with E-state index in [0.29, 0.717) is 64.9 Å². The van der Waals surface area contributed by atoms with Crippen molar-refractivity contribution in [1.29, 1.82) is 0 Å². The molecule has 43 heavy (non-hydrogen) atoms. The van der Waals surface area contributed by atoms with E-state index in [2.05, 4.69) is 30.9 Å². The molecule has 0 amide bonds. The molecule has 1 aromatic carbocycles. The number of nitrogens with zero attached hydrogens (tertiary/aromatic N) is 3. The van der Waals surface area contributed by atoms with Gasteiger partial charge in [0.2, 0.25) is 0 Å². The van der Waals surface area contributed by atoms with Crippen LogP contribution in [0.5, 0.6) is 11.5 Å². The largest absolute Gasteiger partial charge is 0.493 e. The zero-order chi connectivity index (χ0) is 30.8. The number of benzene rings is 1. The second kappa shape index (κ2) is 12.8. The number of fused-ring (bicyclic) bond motifs is 1. The Hall–Kier alpha value is -3.88. The maximum absolute atomic E-state index is 14.0. The van der Waals surface area contributed by atoms with Gasteiger partial charge in [-0.2, -0.15) is 0 Å². The summed E-state index contributed by atoms with van der Waals surface area (Å²) in [7, 11) is 1.54. The summed E-state index contributed by atoms with van der Waals surface area (Å²) in [6, 6.07) is 7.49. The molecule has 5 rings (SSSR count). The summed E-state index contributed by atoms with van der Waals surface area (Å²) in [4.78, 5) is 51.1. The number of rotatable bonds is 9. The first-order valence-corrected chi connectivity index (χ1v) is 15.6. The summed E-state index contributed by atoms with van der Waals surface area (Å²) in [5.74, 6) is 0.817. The number of hydrogen-bond donors (Lipinski definition) is 1. The minimum atomic E-state index is -0.858. The number of H-pyrrole nitrogens is 1. The quantitative estimate of drug-likeness (QED) is 0.204. The Morgan fingerprint density at radius 3 is 2.67 bits per heavy atom. The van der Waals surface area contributed by atoms with Gasteiger partial charge in [0.25, 0.3) is 11.1 Å². The van der Waals surface area contributed by atoms with Gasteiger partial charge in [0, 0.05) is 22.3 Å². The van der Waals surface area contributed by atoms with Gasteiger partial charge in [0.1, 0.15) is 5.76 Å². The van der Waals surface area contributed by atoms with E-state index >= 15 is 0 Å². The average molecular weight is 688 g/mol. The van der Waals surface area contributed by atoms with Crippen molar-refractivity contribution in [3.63, 3.8) is 0 Å². The number of carbonyl (C=O) groups is 1. The molecular weight excluding hydrogens is 660 g/mol. The van der Waals surface area contributed by atoms with E-state index in [1.54, 1.807) is 51.1 Å². The number of esters is 1. The number of aryl methyl sites for hydroxylation is 1. The molecule has 1 aliphatic heterocycles. The van der Waals surface area contributed by atoms with Gasteiger partial charge >= 0.3 is 5.97 Å². The Morgan fingerprint density at radius 1 is 1.19 bits per heavy atom. The standard InChI is InChI=1S/C29H27BrN4O7S2/c1-6-39-20-12-17(18(30)13-19(20)38-5)25-24(27(37)40-7-2)15(4)32-29-34(25)26(36)21(42-29)11-16-8-9-23(41-16)43-28-31-14(3)10-22(35)33-28/h8-13,25H,6-7H2,1-5H3,(H,31,33,35)/b21-11+/t25-/m0/s1. The monoisotopic (exact) mass is 686 g/mol. The summed E-state index contributed by atoms with van der Waals surface area (Å²) in [5.41, 5.74) is 1.25. The van der Waals surface area contributed by atoms with Gasteiger partial charge < -0.3 is 23.6 Å². The van der Waals surface area contributed by atoms with Crippen LogP contribution in [0.2, 0.25) is 0 Å². The predicted molar refractivity (Wildman–Crippen MR) is 165 cm³/mol. The number of carbonyl (C=O) groups excluding carboxylic acids is 1. The Bertz CT molecular complexity index is 1990. The first kappa shape index (κ1) is 30.6. The van der Waals surface area contributed by atoms with Crippen LogP contribution in [0.25, 0.3) is 6.08 Å². The highest BCUT2D eigenvalue weighted by Gasteiger charge is 2.35. The van der Waals surface area contributed by atoms with E-state index in [0.717, 1.165) is 11.8 Å². The normalized spacial score (nSPS) is 14.8. The molecule has 4 heterocycles. The van der Waals surface area contributed by atoms with Gasteiger partial charge in [-0.3, -0.25) is 14.2 Å². The smallest absolute Gasteiger partial charge is 0.338 e. The fourth-order valence-electron chi connectivity index (χ4n) is 4.57. The highest BCUT2D eigenvalue weighted by atomic mass is 79.9. The molecule has 1 N–H and O–H groups in total. The highest BCUT2D eigenvalue weighted by molar-refractivity contribution is 9.10. The molecular formula is C29H27BrN4O7S2. The number of hydrogen-bond acceptors (Lipinski definition) is 11. The third-order valence-electron chi connectivity index (χ3n) is 6.32. The summed E-state index contributed by atoms with van der Waals surface area (Å²) >= 11 is 5.95. The number of halogens is 1. The minimum Gasteiger partial charge on any atom is -0.493 e. The predicted octanol–water partition coefficient (Wildman–Crippen LogP) is 4.10. The third kappa shape index (κ3) is 6.26. The van der Waals surface area contributed by atoms with Crippen LogP contribution in [0, 0.1) is 6.92 Å². The molecule has 0 unspecified atom stereocenters. The lowest BCUT2D eigenvalue weighted by Crippen LogP contribution is -2.40. The summed E-state index contributed by atoms with van der Waals surface area (Å²) in [6.07, 6.45) is 1.62. The molecule has 11 nitrogen and oxygen atoms in total. The number of furan rings is 1. The third-order valence-corrected chi connectivity index (χ3v) is 8.79. The van der Waals surface area contributed by atoms with E-state index in [9.17, 15) is 14.4 Å². The molecule has 4 aromatic rings. The number of allylic oxidation sites excluding steroid dienone is 1. The number of nitrogens with one attached hydrogen (secondary N) is 1. The fourth-order valence-corrected chi connectivity index (χ4v) is 6.94. The number of thiazole rings is 1. The lowest BCUT2D eigenvalue weighted by Gasteiger charge is -2.26. The van der Waals surface area contributed by atoms with Crippen molar-refractivity contribution in [3.8, 4) is 11.5 Å². The Kier molecular flexibility index (Phi) is 9.08. The molecule has 0 radical (unpaired) electrons. The van der Waals surface area contributed by atoms with Crippen molar-refractivity contribution >= 4 is 51.1 Å². The molecule has 0 saturated carbocycles. The van der Waals surface area contributed by atoms with Gasteiger partial charge in [-0.05, 0) is 69.3 Å². The van der Waals surface area contributed by atoms with Gasteiger partial charge in [-0.25, -0.2) is 14.8 Å². The van der Waals surface area contributed by atoms with Gasteiger partial charge in [0.15, 0.2) is 26.5 Å². The molecule has 0 spiro atoms. The summed E-state index contributed by atoms with van der Waals surface area (Å²) in [5, 5.41) is 0.875. The van der Waals surface area contributed by atoms with Gasteiger partial charge in [-0.15, -0.1) is 0 Å². The van der Waals surface area contributed by atoms with E-state index < -0.39 is 12.0 Å². The van der Waals surface area contributed by atoms with Crippen LogP contribution >= 0.6 is 39.0 Å². The van der Waals surface area contributed by atoms with Crippen LogP contribution < -0.4 is 29.9 Å². The van der Waals surface area contributed by atoms with Crippen LogP contribution in [-0.4, -0.2) is 40.8 Å². The average Bonchev–Trinajstić information content (AvgIpc) is 3.51. The second-order valence-corrected chi connectivity index (χ2v) is 12.1. The van der Waals surface area contributed by atoms with Crippen molar-refractivity contribution in [2.75, 3.05) is 20.3 Å². The second-order valence-electron chi connectivity index (χ2n) is 9.21. The number of methoxy groups -OCH3 is 1. The van der Waals surface area contributed by atoms with Crippen LogP contribution in [-0.2, 0) is 9.53 Å². The maximum atomic E-state index is 14.0. The van der Waals surface area contributed by atoms with Crippen molar-refractivity contribution in [1.82, 2.24) is 14.5 Å². The lowest BCUT2D eigenvalue weighted by atomic mass is 9.95. The van der Waals surface area contributed by atoms with Crippen LogP contribution in [0.1, 0.15) is 43.8 Å². The molecule has 14 heteroatoms. The highest BCUT2D eigenvalue weighted by Crippen LogP contribution is 2.41. The van der Waals surface area contributed by atoms with Crippen LogP contribution in [0.3, 0.4) is 0 Å². The Morgan fingerprint density at radius 2 is 1.98 bits per heavy atom. The van der Waals surface area contributed by atoms with E-state index in [1.807, 2.05) is 6.92 Å². The Labute approximate surface area is 262 Å². The molecule has 0 aliphatic carbocycles. The molecule has 1 atom stereocenters. The van der Waals surface area contributed by atoms with Crippen molar-refractivity contribution in [2.45, 2.75) is 44.0 Å². The molecule has 224 valence electrons. The SMILES string of the molecule is CCOC(=O)C1=C(C)N=c2s/c(=C/c3ccc(Sc4nc(C)cc(=O)[nH]4)o3)c(=O)n2[C@H]1c1cc(OCC)c(OC)cc1Br. The van der Waals surface area contributed by atoms with Crippen LogP contribution in [0.4, 0.5) is 0 Å². The lowest BCUT2D eigenvalue weighted by molar-refractivity contribution is -0.139. The van der Waals surface area contributed by atoms with Crippen molar-refractivity contribution in [3.05, 3.63) is 93.1 Å². The summed E-state index contributed by atoms with van der Waals surface area (Å²) in [6.45, 7) is 7.57. The molecule has 0 bridgehead atoms. The zero-order valence-electron chi connectivity index (χ0n) is 23.8. The number of aromatic nitrogens is 3. The van der Waals surface area contributed by atoms with Crippen LogP contribution in [0.15, 0.2) is 75.3 Å². The first-order chi connectivity index (χ1) is 20.6. The summed E-state index contributed by atoms with van der Waals surface area (Å²) < 4.78 is 25.1. The fraction of sp³-hybridized carbons (Fsp3) is 0.276. The van der Waals surface area contributed by atoms with E-state index in [1.165, 1.54) is 29.1 Å². The topological polar surface area (TPSA) is 138 Å². The molecule has 0 saturated heterocycles. The number of aromatic amines is 1. The first-order valence-electron chi connectivity index (χ1n) is 13.2. The minimum absolute atomic E-state index is 0.158. The van der Waals surface area contributed by atoms with E-state index in [4.69, 9.17) is 18.6 Å². The molecule has 1 aliphatic rings.